The van der Waals surface area contributed by atoms with Gasteiger partial charge in [0.25, 0.3) is 0 Å². The second kappa shape index (κ2) is 6.93. The number of fused-ring (bicyclic) bond motifs is 1. The van der Waals surface area contributed by atoms with E-state index in [9.17, 15) is 0 Å². The number of para-hydroxylation sites is 1. The Balaban J connectivity index is 1.63. The summed E-state index contributed by atoms with van der Waals surface area (Å²) in [6.07, 6.45) is 4.51. The van der Waals surface area contributed by atoms with Gasteiger partial charge in [-0.05, 0) is 62.4 Å². The highest BCUT2D eigenvalue weighted by molar-refractivity contribution is 5.33. The number of nitrogens with zero attached hydrogens (tertiary/aromatic N) is 1. The van der Waals surface area contributed by atoms with E-state index < -0.39 is 0 Å². The molecule has 0 aliphatic heterocycles. The number of benzene rings is 1. The zero-order valence-corrected chi connectivity index (χ0v) is 13.4. The molecule has 1 heterocycles. The molecule has 0 amide bonds. The first-order valence-electron chi connectivity index (χ1n) is 8.09. The maximum absolute atomic E-state index is 5.42. The van der Waals surface area contributed by atoms with Crippen LogP contribution in [0.5, 0.6) is 5.75 Å². The number of hydrogen-bond donors (Lipinski definition) is 1. The number of aromatic nitrogens is 1. The molecule has 0 bridgehead atoms. The van der Waals surface area contributed by atoms with Crippen LogP contribution >= 0.6 is 0 Å². The van der Waals surface area contributed by atoms with Gasteiger partial charge in [-0.15, -0.1) is 0 Å². The third kappa shape index (κ3) is 3.30. The van der Waals surface area contributed by atoms with E-state index >= 15 is 0 Å². The molecular formula is C19H24N2O. The van der Waals surface area contributed by atoms with Gasteiger partial charge in [0, 0.05) is 17.4 Å². The molecule has 22 heavy (non-hydrogen) atoms. The summed E-state index contributed by atoms with van der Waals surface area (Å²) in [7, 11) is 1.73. The van der Waals surface area contributed by atoms with Gasteiger partial charge in [0.1, 0.15) is 5.75 Å². The highest BCUT2D eigenvalue weighted by Gasteiger charge is 2.20. The van der Waals surface area contributed by atoms with Crippen molar-refractivity contribution in [2.45, 2.75) is 38.6 Å². The fourth-order valence-corrected chi connectivity index (χ4v) is 3.27. The Morgan fingerprint density at radius 3 is 2.95 bits per heavy atom. The molecule has 0 spiro atoms. The van der Waals surface area contributed by atoms with Crippen molar-refractivity contribution in [3.63, 3.8) is 0 Å². The van der Waals surface area contributed by atoms with Crippen LogP contribution in [-0.2, 0) is 12.8 Å². The maximum Gasteiger partial charge on any atom is 0.122 e. The number of nitrogens with one attached hydrogen (secondary N) is 1. The van der Waals surface area contributed by atoms with Gasteiger partial charge in [0.15, 0.2) is 0 Å². The molecule has 0 radical (unpaired) electrons. The molecule has 116 valence electrons. The predicted molar refractivity (Wildman–Crippen MR) is 89.4 cm³/mol. The van der Waals surface area contributed by atoms with Crippen LogP contribution in [0, 0.1) is 6.92 Å². The Morgan fingerprint density at radius 2 is 2.09 bits per heavy atom. The quantitative estimate of drug-likeness (QED) is 0.915. The third-order valence-electron chi connectivity index (χ3n) is 4.41. The van der Waals surface area contributed by atoms with Crippen LogP contribution < -0.4 is 10.1 Å². The van der Waals surface area contributed by atoms with E-state index in [1.165, 1.54) is 29.7 Å². The average Bonchev–Trinajstić information content (AvgIpc) is 2.55. The van der Waals surface area contributed by atoms with Crippen molar-refractivity contribution < 1.29 is 4.74 Å². The molecule has 0 fully saturated rings. The molecule has 3 rings (SSSR count). The number of hydrogen-bond acceptors (Lipinski definition) is 3. The first kappa shape index (κ1) is 15.0. The number of methoxy groups -OCH3 is 1. The van der Waals surface area contributed by atoms with Crippen molar-refractivity contribution in [1.29, 1.82) is 0 Å². The van der Waals surface area contributed by atoms with Crippen LogP contribution in [-0.4, -0.2) is 18.6 Å². The monoisotopic (exact) mass is 296 g/mol. The highest BCUT2D eigenvalue weighted by Crippen LogP contribution is 2.28. The minimum absolute atomic E-state index is 0.437. The smallest absolute Gasteiger partial charge is 0.122 e. The molecule has 2 aromatic rings. The highest BCUT2D eigenvalue weighted by atomic mass is 16.5. The van der Waals surface area contributed by atoms with Gasteiger partial charge < -0.3 is 10.1 Å². The van der Waals surface area contributed by atoms with Crippen molar-refractivity contribution in [3.8, 4) is 5.75 Å². The van der Waals surface area contributed by atoms with Crippen molar-refractivity contribution in [2.24, 2.45) is 0 Å². The number of rotatable bonds is 5. The Labute approximate surface area is 132 Å². The summed E-state index contributed by atoms with van der Waals surface area (Å²) in [6, 6.07) is 13.1. The summed E-state index contributed by atoms with van der Waals surface area (Å²) in [6.45, 7) is 3.03. The standard InChI is InChI=1S/C19H24N2O/c1-14-10-11-16-17(7-5-8-18(16)21-14)20-13-12-15-6-3-4-9-19(15)22-2/h3-4,6,9-11,17,20H,5,7-8,12-13H2,1-2H3. The van der Waals surface area contributed by atoms with Crippen molar-refractivity contribution in [2.75, 3.05) is 13.7 Å². The average molecular weight is 296 g/mol. The summed E-state index contributed by atoms with van der Waals surface area (Å²) >= 11 is 0. The summed E-state index contributed by atoms with van der Waals surface area (Å²) in [5.41, 5.74) is 5.04. The fourth-order valence-electron chi connectivity index (χ4n) is 3.27. The molecule has 1 aromatic heterocycles. The number of ether oxygens (including phenoxy) is 1. The molecule has 3 heteroatoms. The first-order valence-corrected chi connectivity index (χ1v) is 8.09. The summed E-state index contributed by atoms with van der Waals surface area (Å²) in [5, 5.41) is 3.70. The van der Waals surface area contributed by atoms with E-state index in [-0.39, 0.29) is 0 Å². The van der Waals surface area contributed by atoms with E-state index in [0.29, 0.717) is 6.04 Å². The van der Waals surface area contributed by atoms with Crippen LogP contribution in [0.15, 0.2) is 36.4 Å². The molecule has 1 atom stereocenters. The molecule has 1 aliphatic rings. The van der Waals surface area contributed by atoms with Gasteiger partial charge in [0.2, 0.25) is 0 Å². The molecule has 0 saturated carbocycles. The second-order valence-corrected chi connectivity index (χ2v) is 5.95. The molecule has 1 unspecified atom stereocenters. The lowest BCUT2D eigenvalue weighted by Crippen LogP contribution is -2.27. The van der Waals surface area contributed by atoms with Gasteiger partial charge in [-0.2, -0.15) is 0 Å². The zero-order valence-electron chi connectivity index (χ0n) is 13.4. The van der Waals surface area contributed by atoms with Crippen molar-refractivity contribution >= 4 is 0 Å². The summed E-state index contributed by atoms with van der Waals surface area (Å²) < 4.78 is 5.42. The van der Waals surface area contributed by atoms with Crippen LogP contribution in [0.2, 0.25) is 0 Å². The molecule has 1 aliphatic carbocycles. The Hall–Kier alpha value is -1.87. The zero-order chi connectivity index (χ0) is 15.4. The van der Waals surface area contributed by atoms with Gasteiger partial charge in [0.05, 0.1) is 7.11 Å². The minimum Gasteiger partial charge on any atom is -0.496 e. The van der Waals surface area contributed by atoms with Gasteiger partial charge >= 0.3 is 0 Å². The lowest BCUT2D eigenvalue weighted by Gasteiger charge is -2.26. The van der Waals surface area contributed by atoms with Crippen molar-refractivity contribution in [1.82, 2.24) is 10.3 Å². The third-order valence-corrected chi connectivity index (χ3v) is 4.41. The molecule has 3 nitrogen and oxygen atoms in total. The fraction of sp³-hybridized carbons (Fsp3) is 0.421. The Kier molecular flexibility index (Phi) is 4.74. The summed E-state index contributed by atoms with van der Waals surface area (Å²) in [4.78, 5) is 4.70. The Morgan fingerprint density at radius 1 is 1.23 bits per heavy atom. The number of pyridine rings is 1. The van der Waals surface area contributed by atoms with Crippen LogP contribution in [0.3, 0.4) is 0 Å². The van der Waals surface area contributed by atoms with Crippen LogP contribution in [0.25, 0.3) is 0 Å². The second-order valence-electron chi connectivity index (χ2n) is 5.95. The van der Waals surface area contributed by atoms with Crippen LogP contribution in [0.4, 0.5) is 0 Å². The summed E-state index contributed by atoms with van der Waals surface area (Å²) in [5.74, 6) is 0.977. The normalized spacial score (nSPS) is 17.1. The number of aryl methyl sites for hydroxylation is 2. The van der Waals surface area contributed by atoms with E-state index in [4.69, 9.17) is 9.72 Å². The van der Waals surface area contributed by atoms with Gasteiger partial charge in [-0.3, -0.25) is 4.98 Å². The lowest BCUT2D eigenvalue weighted by atomic mass is 9.91. The lowest BCUT2D eigenvalue weighted by molar-refractivity contribution is 0.406. The van der Waals surface area contributed by atoms with Gasteiger partial charge in [-0.1, -0.05) is 24.3 Å². The molecule has 1 N–H and O–H groups in total. The SMILES string of the molecule is COc1ccccc1CCNC1CCCc2nc(C)ccc21. The maximum atomic E-state index is 5.42. The molecule has 0 saturated heterocycles. The minimum atomic E-state index is 0.437. The molecular weight excluding hydrogens is 272 g/mol. The van der Waals surface area contributed by atoms with Crippen molar-refractivity contribution in [3.05, 3.63) is 58.9 Å². The molecule has 1 aromatic carbocycles. The largest absolute Gasteiger partial charge is 0.496 e. The van der Waals surface area contributed by atoms with E-state index in [2.05, 4.69) is 36.5 Å². The topological polar surface area (TPSA) is 34.1 Å². The van der Waals surface area contributed by atoms with Crippen LogP contribution in [0.1, 0.15) is 41.4 Å². The first-order chi connectivity index (χ1) is 10.8. The predicted octanol–water partition coefficient (Wildman–Crippen LogP) is 3.61. The van der Waals surface area contributed by atoms with E-state index in [1.54, 1.807) is 7.11 Å². The Bertz CT molecular complexity index is 639. The van der Waals surface area contributed by atoms with Gasteiger partial charge in [-0.25, -0.2) is 0 Å². The van der Waals surface area contributed by atoms with E-state index in [1.807, 2.05) is 12.1 Å². The van der Waals surface area contributed by atoms with E-state index in [0.717, 1.165) is 30.8 Å².